The van der Waals surface area contributed by atoms with E-state index in [0.717, 1.165) is 39.9 Å². The van der Waals surface area contributed by atoms with Gasteiger partial charge in [0.2, 0.25) is 5.84 Å². The summed E-state index contributed by atoms with van der Waals surface area (Å²) in [5.41, 5.74) is 8.64. The Morgan fingerprint density at radius 2 is 1.00 bits per heavy atom. The molecule has 0 saturated heterocycles. The molecule has 0 unspecified atom stereocenters. The van der Waals surface area contributed by atoms with Crippen molar-refractivity contribution < 1.29 is 4.58 Å². The Hall–Kier alpha value is -4.76. The number of aryl methyl sites for hydroxylation is 3. The van der Waals surface area contributed by atoms with Crippen molar-refractivity contribution in [2.75, 3.05) is 5.32 Å². The first-order valence-corrected chi connectivity index (χ1v) is 12.9. The highest BCUT2D eigenvalue weighted by Crippen LogP contribution is 2.24. The summed E-state index contributed by atoms with van der Waals surface area (Å²) < 4.78 is 2.23. The van der Waals surface area contributed by atoms with Crippen molar-refractivity contribution in [1.29, 1.82) is 0 Å². The van der Waals surface area contributed by atoms with Crippen LogP contribution in [0.15, 0.2) is 138 Å². The maximum Gasteiger partial charge on any atom is 0.275 e. The Bertz CT molecular complexity index is 1550. The van der Waals surface area contributed by atoms with Crippen LogP contribution in [0.3, 0.4) is 0 Å². The first-order valence-electron chi connectivity index (χ1n) is 12.9. The van der Waals surface area contributed by atoms with E-state index < -0.39 is 0 Å². The molecule has 0 saturated carbocycles. The van der Waals surface area contributed by atoms with Gasteiger partial charge in [0.1, 0.15) is 11.4 Å². The molecule has 0 atom stereocenters. The Kier molecular flexibility index (Phi) is 7.56. The predicted octanol–water partition coefficient (Wildman–Crippen LogP) is 8.59. The maximum atomic E-state index is 5.25. The summed E-state index contributed by atoms with van der Waals surface area (Å²) in [5.74, 6) is 1.75. The molecule has 186 valence electrons. The Morgan fingerprint density at radius 3 is 1.55 bits per heavy atom. The van der Waals surface area contributed by atoms with Gasteiger partial charge in [-0.05, 0) is 81.4 Å². The fourth-order valence-electron chi connectivity index (χ4n) is 4.25. The van der Waals surface area contributed by atoms with Gasteiger partial charge in [0.15, 0.2) is 0 Å². The smallest absolute Gasteiger partial charge is 0.272 e. The number of benzene rings is 5. The third kappa shape index (κ3) is 5.96. The number of hydrogen-bond acceptors (Lipinski definition) is 1. The number of nitrogens with one attached hydrogen (secondary N) is 1. The first-order chi connectivity index (χ1) is 18.6. The molecular weight excluding hydrogens is 462 g/mol. The molecule has 38 heavy (non-hydrogen) atoms. The van der Waals surface area contributed by atoms with E-state index in [2.05, 4.69) is 152 Å². The summed E-state index contributed by atoms with van der Waals surface area (Å²) in [7, 11) is 0. The van der Waals surface area contributed by atoms with E-state index >= 15 is 0 Å². The van der Waals surface area contributed by atoms with Gasteiger partial charge in [-0.25, -0.2) is 0 Å². The van der Waals surface area contributed by atoms with Gasteiger partial charge in [-0.3, -0.25) is 5.32 Å². The second-order valence-electron chi connectivity index (χ2n) is 9.51. The number of aliphatic imine (C=N–C) groups is 1. The highest BCUT2D eigenvalue weighted by molar-refractivity contribution is 6.10. The summed E-state index contributed by atoms with van der Waals surface area (Å²) in [6, 6.07) is 46.2. The quantitative estimate of drug-likeness (QED) is 0.148. The fraction of sp³-hybridized carbons (Fsp3) is 0.0857. The highest BCUT2D eigenvalue weighted by Gasteiger charge is 2.25. The molecule has 0 aliphatic heterocycles. The summed E-state index contributed by atoms with van der Waals surface area (Å²) in [6.45, 7) is 6.31. The SMILES string of the molecule is Cc1ccc(N=C(c2ccccc2)[N+](=C(Nc2ccc(C)cc2)c2ccccc2)c2ccc(C)cc2)cc1. The Balaban J connectivity index is 1.84. The topological polar surface area (TPSA) is 27.4 Å². The van der Waals surface area contributed by atoms with Crippen molar-refractivity contribution in [3.63, 3.8) is 0 Å². The molecular formula is C35H32N3+. The van der Waals surface area contributed by atoms with Gasteiger partial charge in [0.25, 0.3) is 5.84 Å². The molecule has 0 radical (unpaired) electrons. The summed E-state index contributed by atoms with van der Waals surface area (Å²) in [4.78, 5) is 5.25. The normalized spacial score (nSPS) is 12.1. The van der Waals surface area contributed by atoms with Crippen molar-refractivity contribution in [2.24, 2.45) is 4.99 Å². The average Bonchev–Trinajstić information content (AvgIpc) is 2.96. The van der Waals surface area contributed by atoms with Gasteiger partial charge in [-0.15, -0.1) is 4.99 Å². The van der Waals surface area contributed by atoms with Crippen molar-refractivity contribution in [1.82, 2.24) is 0 Å². The van der Waals surface area contributed by atoms with Gasteiger partial charge in [-0.2, -0.15) is 4.58 Å². The van der Waals surface area contributed by atoms with E-state index in [1.54, 1.807) is 0 Å². The number of rotatable bonds is 5. The lowest BCUT2D eigenvalue weighted by Crippen LogP contribution is -2.31. The summed E-state index contributed by atoms with van der Waals surface area (Å²) in [5, 5.41) is 3.74. The monoisotopic (exact) mass is 494 g/mol. The van der Waals surface area contributed by atoms with Crippen LogP contribution in [-0.2, 0) is 0 Å². The summed E-state index contributed by atoms with van der Waals surface area (Å²) in [6.07, 6.45) is 0. The Morgan fingerprint density at radius 1 is 0.526 bits per heavy atom. The lowest BCUT2D eigenvalue weighted by Gasteiger charge is -2.17. The zero-order valence-corrected chi connectivity index (χ0v) is 22.1. The molecule has 5 aromatic carbocycles. The number of amidine groups is 2. The molecule has 5 rings (SSSR count). The van der Waals surface area contributed by atoms with E-state index in [1.165, 1.54) is 16.7 Å². The van der Waals surface area contributed by atoms with E-state index in [0.29, 0.717) is 0 Å². The molecule has 0 amide bonds. The van der Waals surface area contributed by atoms with Crippen LogP contribution >= 0.6 is 0 Å². The second kappa shape index (κ2) is 11.5. The van der Waals surface area contributed by atoms with E-state index in [4.69, 9.17) is 4.99 Å². The number of hydrogen-bond donors (Lipinski definition) is 1. The largest absolute Gasteiger partial charge is 0.275 e. The van der Waals surface area contributed by atoms with Gasteiger partial charge >= 0.3 is 0 Å². The minimum absolute atomic E-state index is 0.830. The second-order valence-corrected chi connectivity index (χ2v) is 9.51. The zero-order chi connectivity index (χ0) is 26.3. The highest BCUT2D eigenvalue weighted by atomic mass is 15.2. The first kappa shape index (κ1) is 24.9. The van der Waals surface area contributed by atoms with E-state index in [1.807, 2.05) is 12.1 Å². The Labute approximate surface area is 225 Å². The molecule has 5 aromatic rings. The molecule has 3 nitrogen and oxygen atoms in total. The molecule has 3 heteroatoms. The van der Waals surface area contributed by atoms with Crippen LogP contribution < -0.4 is 5.32 Å². The van der Waals surface area contributed by atoms with Crippen molar-refractivity contribution in [3.8, 4) is 0 Å². The predicted molar refractivity (Wildman–Crippen MR) is 160 cm³/mol. The van der Waals surface area contributed by atoms with Gasteiger partial charge in [-0.1, -0.05) is 89.5 Å². The third-order valence-corrected chi connectivity index (χ3v) is 6.39. The molecule has 0 aromatic heterocycles. The molecule has 0 aliphatic rings. The molecule has 1 N–H and O–H groups in total. The maximum absolute atomic E-state index is 5.25. The standard InChI is InChI=1S/C35H31N3/c1-26-14-20-31(21-15-26)36-34(29-10-6-4-7-11-29)38(33-24-18-28(3)19-25-33)35(30-12-8-5-9-13-30)37-32-22-16-27(2)17-23-32/h4-25H,1-3H3/p+1. The van der Waals surface area contributed by atoms with Gasteiger partial charge < -0.3 is 0 Å². The van der Waals surface area contributed by atoms with Crippen LogP contribution in [0, 0.1) is 20.8 Å². The van der Waals surface area contributed by atoms with Crippen LogP contribution in [0.25, 0.3) is 0 Å². The van der Waals surface area contributed by atoms with Crippen LogP contribution in [-0.4, -0.2) is 16.2 Å². The van der Waals surface area contributed by atoms with Crippen LogP contribution in [0.5, 0.6) is 0 Å². The lowest BCUT2D eigenvalue weighted by atomic mass is 10.1. The molecule has 0 bridgehead atoms. The van der Waals surface area contributed by atoms with Crippen LogP contribution in [0.4, 0.5) is 17.1 Å². The van der Waals surface area contributed by atoms with Crippen LogP contribution in [0.1, 0.15) is 27.8 Å². The fourth-order valence-corrected chi connectivity index (χ4v) is 4.25. The summed E-state index contributed by atoms with van der Waals surface area (Å²) >= 11 is 0. The van der Waals surface area contributed by atoms with Crippen molar-refractivity contribution in [2.45, 2.75) is 20.8 Å². The van der Waals surface area contributed by atoms with Crippen molar-refractivity contribution >= 4 is 28.7 Å². The number of anilines is 1. The van der Waals surface area contributed by atoms with Gasteiger partial charge in [0.05, 0.1) is 11.3 Å². The van der Waals surface area contributed by atoms with E-state index in [-0.39, 0.29) is 0 Å². The average molecular weight is 495 g/mol. The van der Waals surface area contributed by atoms with Gasteiger partial charge in [0, 0.05) is 5.56 Å². The third-order valence-electron chi connectivity index (χ3n) is 6.39. The van der Waals surface area contributed by atoms with E-state index in [9.17, 15) is 0 Å². The van der Waals surface area contributed by atoms with Crippen LogP contribution in [0.2, 0.25) is 0 Å². The molecule has 0 heterocycles. The number of nitrogens with zero attached hydrogens (tertiary/aromatic N) is 2. The lowest BCUT2D eigenvalue weighted by molar-refractivity contribution is -0.304. The molecule has 0 fully saturated rings. The van der Waals surface area contributed by atoms with Crippen molar-refractivity contribution in [3.05, 3.63) is 161 Å². The minimum Gasteiger partial charge on any atom is -0.272 e. The molecule has 0 aliphatic carbocycles. The zero-order valence-electron chi connectivity index (χ0n) is 22.1. The molecule has 0 spiro atoms. The minimum atomic E-state index is 0.830.